The van der Waals surface area contributed by atoms with E-state index in [0.717, 1.165) is 0 Å². The number of ketones is 1. The minimum atomic E-state index is -0.471. The fraction of sp³-hybridized carbons (Fsp3) is 0.150. The number of fused-ring (bicyclic) bond motifs is 1. The van der Waals surface area contributed by atoms with Gasteiger partial charge in [-0.25, -0.2) is 0 Å². The van der Waals surface area contributed by atoms with Crippen LogP contribution in [0.4, 0.5) is 0 Å². The van der Waals surface area contributed by atoms with Gasteiger partial charge in [-0.3, -0.25) is 4.79 Å². The van der Waals surface area contributed by atoms with Crippen LogP contribution in [0.5, 0.6) is 23.0 Å². The molecule has 128 valence electrons. The van der Waals surface area contributed by atoms with Crippen molar-refractivity contribution in [1.82, 2.24) is 0 Å². The number of phenolic OH excluding ortho intramolecular Hbond substituents is 3. The van der Waals surface area contributed by atoms with Gasteiger partial charge in [0.25, 0.3) is 0 Å². The number of carbonyl (C=O) groups excluding carboxylic acids is 1. The highest BCUT2D eigenvalue weighted by atomic mass is 16.5. The van der Waals surface area contributed by atoms with Gasteiger partial charge in [-0.1, -0.05) is 0 Å². The van der Waals surface area contributed by atoms with Crippen molar-refractivity contribution in [3.63, 3.8) is 0 Å². The van der Waals surface area contributed by atoms with Gasteiger partial charge in [0, 0.05) is 11.6 Å². The van der Waals surface area contributed by atoms with Crippen LogP contribution in [0.2, 0.25) is 0 Å². The SMILES string of the molecule is CC1(C)C=Cc2c(ccc(C(=O)C=Cc3ccc(O)cc3O)c2O)O1. The Morgan fingerprint density at radius 3 is 2.60 bits per heavy atom. The number of carbonyl (C=O) groups is 1. The summed E-state index contributed by atoms with van der Waals surface area (Å²) in [7, 11) is 0. The van der Waals surface area contributed by atoms with Crippen LogP contribution in [0.1, 0.15) is 35.3 Å². The van der Waals surface area contributed by atoms with Crippen LogP contribution in [0.3, 0.4) is 0 Å². The molecule has 0 spiro atoms. The molecule has 0 aliphatic carbocycles. The van der Waals surface area contributed by atoms with Crippen molar-refractivity contribution in [3.05, 3.63) is 59.2 Å². The highest BCUT2D eigenvalue weighted by Crippen LogP contribution is 2.38. The smallest absolute Gasteiger partial charge is 0.189 e. The van der Waals surface area contributed by atoms with Gasteiger partial charge in [0.1, 0.15) is 28.6 Å². The maximum Gasteiger partial charge on any atom is 0.189 e. The predicted molar refractivity (Wildman–Crippen MR) is 95.0 cm³/mol. The molecule has 2 aromatic carbocycles. The summed E-state index contributed by atoms with van der Waals surface area (Å²) in [5.41, 5.74) is 0.516. The van der Waals surface area contributed by atoms with Crippen LogP contribution in [-0.4, -0.2) is 26.7 Å². The van der Waals surface area contributed by atoms with Crippen LogP contribution in [-0.2, 0) is 0 Å². The van der Waals surface area contributed by atoms with E-state index in [1.165, 1.54) is 36.4 Å². The molecule has 0 bridgehead atoms. The number of allylic oxidation sites excluding steroid dienone is 1. The van der Waals surface area contributed by atoms with Crippen molar-refractivity contribution in [1.29, 1.82) is 0 Å². The van der Waals surface area contributed by atoms with E-state index in [4.69, 9.17) is 4.74 Å². The fourth-order valence-corrected chi connectivity index (χ4v) is 2.57. The molecule has 0 atom stereocenters. The van der Waals surface area contributed by atoms with E-state index in [9.17, 15) is 20.1 Å². The van der Waals surface area contributed by atoms with Gasteiger partial charge >= 0.3 is 0 Å². The molecule has 0 unspecified atom stereocenters. The zero-order valence-corrected chi connectivity index (χ0v) is 13.9. The molecule has 1 heterocycles. The maximum absolute atomic E-state index is 12.4. The van der Waals surface area contributed by atoms with Crippen LogP contribution in [0.15, 0.2) is 42.5 Å². The summed E-state index contributed by atoms with van der Waals surface area (Å²) in [6, 6.07) is 7.24. The van der Waals surface area contributed by atoms with Crippen molar-refractivity contribution in [3.8, 4) is 23.0 Å². The van der Waals surface area contributed by atoms with Crippen molar-refractivity contribution in [2.45, 2.75) is 19.4 Å². The van der Waals surface area contributed by atoms with E-state index in [2.05, 4.69) is 0 Å². The molecule has 5 heteroatoms. The first kappa shape index (κ1) is 16.6. The Bertz CT molecular complexity index is 907. The Morgan fingerprint density at radius 2 is 1.88 bits per heavy atom. The van der Waals surface area contributed by atoms with Gasteiger partial charge in [-0.15, -0.1) is 0 Å². The first-order valence-electron chi connectivity index (χ1n) is 7.75. The van der Waals surface area contributed by atoms with E-state index < -0.39 is 11.4 Å². The molecule has 25 heavy (non-hydrogen) atoms. The lowest BCUT2D eigenvalue weighted by Gasteiger charge is -2.28. The summed E-state index contributed by atoms with van der Waals surface area (Å²) < 4.78 is 5.76. The molecule has 0 saturated heterocycles. The number of aromatic hydroxyl groups is 3. The Hall–Kier alpha value is -3.21. The molecular weight excluding hydrogens is 320 g/mol. The van der Waals surface area contributed by atoms with E-state index >= 15 is 0 Å². The van der Waals surface area contributed by atoms with E-state index in [-0.39, 0.29) is 22.8 Å². The van der Waals surface area contributed by atoms with Gasteiger partial charge in [-0.05, 0) is 62.4 Å². The molecule has 0 radical (unpaired) electrons. The Balaban J connectivity index is 1.90. The second-order valence-electron chi connectivity index (χ2n) is 6.35. The number of hydrogen-bond donors (Lipinski definition) is 3. The van der Waals surface area contributed by atoms with Gasteiger partial charge < -0.3 is 20.1 Å². The minimum absolute atomic E-state index is 0.0666. The molecule has 3 rings (SSSR count). The molecule has 1 aliphatic heterocycles. The third-order valence-corrected chi connectivity index (χ3v) is 3.90. The van der Waals surface area contributed by atoms with Crippen molar-refractivity contribution in [2.75, 3.05) is 0 Å². The van der Waals surface area contributed by atoms with Crippen LogP contribution in [0.25, 0.3) is 12.2 Å². The van der Waals surface area contributed by atoms with E-state index in [0.29, 0.717) is 16.9 Å². The summed E-state index contributed by atoms with van der Waals surface area (Å²) in [5.74, 6) is -0.248. The lowest BCUT2D eigenvalue weighted by Crippen LogP contribution is -2.27. The second-order valence-corrected chi connectivity index (χ2v) is 6.35. The molecular formula is C20H18O5. The number of hydrogen-bond acceptors (Lipinski definition) is 5. The molecule has 5 nitrogen and oxygen atoms in total. The molecule has 0 aromatic heterocycles. The van der Waals surface area contributed by atoms with Crippen molar-refractivity contribution in [2.24, 2.45) is 0 Å². The third-order valence-electron chi connectivity index (χ3n) is 3.90. The van der Waals surface area contributed by atoms with Crippen LogP contribution >= 0.6 is 0 Å². The molecule has 2 aromatic rings. The highest BCUT2D eigenvalue weighted by molar-refractivity contribution is 6.09. The van der Waals surface area contributed by atoms with Crippen molar-refractivity contribution >= 4 is 17.9 Å². The summed E-state index contributed by atoms with van der Waals surface area (Å²) >= 11 is 0. The normalized spacial score (nSPS) is 15.0. The average molecular weight is 338 g/mol. The topological polar surface area (TPSA) is 87.0 Å². The largest absolute Gasteiger partial charge is 0.508 e. The molecule has 0 saturated carbocycles. The highest BCUT2D eigenvalue weighted by Gasteiger charge is 2.25. The quantitative estimate of drug-likeness (QED) is 0.584. The summed E-state index contributed by atoms with van der Waals surface area (Å²) in [6.07, 6.45) is 6.23. The molecule has 3 N–H and O–H groups in total. The maximum atomic E-state index is 12.4. The zero-order valence-electron chi connectivity index (χ0n) is 13.9. The first-order chi connectivity index (χ1) is 11.8. The number of ether oxygens (including phenoxy) is 1. The Labute approximate surface area is 145 Å². The van der Waals surface area contributed by atoms with Gasteiger partial charge in [0.15, 0.2) is 5.78 Å². The molecule has 0 amide bonds. The summed E-state index contributed by atoms with van der Waals surface area (Å²) in [4.78, 5) is 12.4. The second kappa shape index (κ2) is 6.02. The Morgan fingerprint density at radius 1 is 1.12 bits per heavy atom. The van der Waals surface area contributed by atoms with Gasteiger partial charge in [-0.2, -0.15) is 0 Å². The number of benzene rings is 2. The Kier molecular flexibility index (Phi) is 4.00. The minimum Gasteiger partial charge on any atom is -0.508 e. The lowest BCUT2D eigenvalue weighted by atomic mass is 9.98. The first-order valence-corrected chi connectivity index (χ1v) is 7.75. The van der Waals surface area contributed by atoms with Crippen molar-refractivity contribution < 1.29 is 24.9 Å². The van der Waals surface area contributed by atoms with Gasteiger partial charge in [0.05, 0.1) is 11.1 Å². The number of rotatable bonds is 3. The predicted octanol–water partition coefficient (Wildman–Crippen LogP) is 3.88. The lowest BCUT2D eigenvalue weighted by molar-refractivity contribution is 0.104. The van der Waals surface area contributed by atoms with E-state index in [1.54, 1.807) is 12.1 Å². The zero-order chi connectivity index (χ0) is 18.2. The standard InChI is InChI=1S/C20H18O5/c1-20(2)10-9-15-18(25-20)8-6-14(19(15)24)16(22)7-4-12-3-5-13(21)11-17(12)23/h3-11,21,23-24H,1-2H3. The van der Waals surface area contributed by atoms with E-state index in [1.807, 2.05) is 19.9 Å². The average Bonchev–Trinajstić information content (AvgIpc) is 2.53. The molecule has 1 aliphatic rings. The summed E-state index contributed by atoms with van der Waals surface area (Å²) in [6.45, 7) is 3.80. The fourth-order valence-electron chi connectivity index (χ4n) is 2.57. The third kappa shape index (κ3) is 3.35. The molecule has 0 fully saturated rings. The summed E-state index contributed by atoms with van der Waals surface area (Å²) in [5, 5.41) is 29.4. The van der Waals surface area contributed by atoms with Crippen LogP contribution < -0.4 is 4.74 Å². The van der Waals surface area contributed by atoms with Crippen LogP contribution in [0, 0.1) is 0 Å². The van der Waals surface area contributed by atoms with Gasteiger partial charge in [0.2, 0.25) is 0 Å². The number of phenols is 3. The monoisotopic (exact) mass is 338 g/mol.